The van der Waals surface area contributed by atoms with Gasteiger partial charge in [-0.3, -0.25) is 19.4 Å². The van der Waals surface area contributed by atoms with Crippen LogP contribution in [0.3, 0.4) is 0 Å². The molecule has 0 atom stereocenters. The van der Waals surface area contributed by atoms with Gasteiger partial charge in [-0.05, 0) is 47.2 Å². The quantitative estimate of drug-likeness (QED) is 0.717. The Labute approximate surface area is 151 Å². The van der Waals surface area contributed by atoms with E-state index in [2.05, 4.69) is 15.9 Å². The van der Waals surface area contributed by atoms with Gasteiger partial charge in [-0.25, -0.2) is 4.39 Å². The number of ketones is 1. The van der Waals surface area contributed by atoms with E-state index >= 15 is 0 Å². The number of carbonyl (C=O) groups excluding carboxylic acids is 2. The summed E-state index contributed by atoms with van der Waals surface area (Å²) in [6, 6.07) is 9.59. The van der Waals surface area contributed by atoms with Gasteiger partial charge in [0.25, 0.3) is 5.78 Å². The SMILES string of the molecule is CN(Cc1c(F)cccc1Cl)CN1C(=O)C(=O)c2cccc(Br)c21. The van der Waals surface area contributed by atoms with Crippen molar-refractivity contribution in [1.29, 1.82) is 0 Å². The minimum atomic E-state index is -0.594. The smallest absolute Gasteiger partial charge is 0.290 e. The Hall–Kier alpha value is -1.76. The number of carbonyl (C=O) groups is 2. The lowest BCUT2D eigenvalue weighted by Crippen LogP contribution is -2.39. The van der Waals surface area contributed by atoms with Crippen molar-refractivity contribution in [3.8, 4) is 0 Å². The number of nitrogens with zero attached hydrogens (tertiary/aromatic N) is 2. The Morgan fingerprint density at radius 3 is 2.62 bits per heavy atom. The number of fused-ring (bicyclic) bond motifs is 1. The van der Waals surface area contributed by atoms with Crippen molar-refractivity contribution in [2.45, 2.75) is 6.54 Å². The summed E-state index contributed by atoms with van der Waals surface area (Å²) in [5.74, 6) is -1.54. The molecule has 0 saturated carbocycles. The summed E-state index contributed by atoms with van der Waals surface area (Å²) < 4.78 is 14.6. The zero-order chi connectivity index (χ0) is 17.4. The number of para-hydroxylation sites is 1. The minimum absolute atomic E-state index is 0.144. The average molecular weight is 412 g/mol. The summed E-state index contributed by atoms with van der Waals surface area (Å²) in [5.41, 5.74) is 1.26. The molecule has 24 heavy (non-hydrogen) atoms. The summed E-state index contributed by atoms with van der Waals surface area (Å²) in [5, 5.41) is 0.326. The van der Waals surface area contributed by atoms with Crippen LogP contribution in [0, 0.1) is 5.82 Å². The van der Waals surface area contributed by atoms with Crippen LogP contribution in [0.4, 0.5) is 10.1 Å². The van der Waals surface area contributed by atoms with Gasteiger partial charge in [-0.1, -0.05) is 23.7 Å². The predicted octanol–water partition coefficient (Wildman–Crippen LogP) is 3.86. The summed E-state index contributed by atoms with van der Waals surface area (Å²) in [6.07, 6.45) is 0. The highest BCUT2D eigenvalue weighted by Crippen LogP contribution is 2.36. The summed E-state index contributed by atoms with van der Waals surface area (Å²) >= 11 is 9.42. The van der Waals surface area contributed by atoms with E-state index < -0.39 is 17.5 Å². The fraction of sp³-hybridized carbons (Fsp3) is 0.176. The molecule has 0 N–H and O–H groups in total. The molecule has 3 rings (SSSR count). The third-order valence-corrected chi connectivity index (χ3v) is 4.81. The predicted molar refractivity (Wildman–Crippen MR) is 93.7 cm³/mol. The minimum Gasteiger partial charge on any atom is -0.290 e. The first-order chi connectivity index (χ1) is 11.4. The molecule has 2 aromatic rings. The Bertz CT molecular complexity index is 823. The van der Waals surface area contributed by atoms with Crippen LogP contribution in [0.2, 0.25) is 5.02 Å². The maximum absolute atomic E-state index is 13.9. The van der Waals surface area contributed by atoms with Gasteiger partial charge in [0.1, 0.15) is 5.82 Å². The molecular weight excluding hydrogens is 399 g/mol. The van der Waals surface area contributed by atoms with Gasteiger partial charge in [0.15, 0.2) is 0 Å². The monoisotopic (exact) mass is 410 g/mol. The maximum Gasteiger partial charge on any atom is 0.300 e. The fourth-order valence-corrected chi connectivity index (χ4v) is 3.49. The van der Waals surface area contributed by atoms with E-state index in [1.165, 1.54) is 17.0 Å². The second-order valence-corrected chi connectivity index (χ2v) is 6.82. The average Bonchev–Trinajstić information content (AvgIpc) is 2.77. The maximum atomic E-state index is 13.9. The molecule has 124 valence electrons. The number of halogens is 3. The van der Waals surface area contributed by atoms with Gasteiger partial charge >= 0.3 is 5.91 Å². The Balaban J connectivity index is 1.84. The van der Waals surface area contributed by atoms with Gasteiger partial charge in [-0.15, -0.1) is 0 Å². The van der Waals surface area contributed by atoms with E-state index in [1.807, 2.05) is 0 Å². The number of benzene rings is 2. The Morgan fingerprint density at radius 2 is 1.92 bits per heavy atom. The first kappa shape index (κ1) is 17.1. The van der Waals surface area contributed by atoms with E-state index in [0.29, 0.717) is 26.3 Å². The summed E-state index contributed by atoms with van der Waals surface area (Å²) in [7, 11) is 1.73. The van der Waals surface area contributed by atoms with Crippen molar-refractivity contribution in [2.75, 3.05) is 18.6 Å². The Kier molecular flexibility index (Phi) is 4.71. The molecule has 0 bridgehead atoms. The lowest BCUT2D eigenvalue weighted by molar-refractivity contribution is -0.114. The molecule has 2 aromatic carbocycles. The summed E-state index contributed by atoms with van der Waals surface area (Å²) in [6.45, 7) is 0.355. The molecule has 0 saturated heterocycles. The first-order valence-electron chi connectivity index (χ1n) is 7.16. The molecule has 1 aliphatic rings. The number of hydrogen-bond donors (Lipinski definition) is 0. The van der Waals surface area contributed by atoms with Crippen molar-refractivity contribution < 1.29 is 14.0 Å². The number of hydrogen-bond acceptors (Lipinski definition) is 3. The van der Waals surface area contributed by atoms with Crippen molar-refractivity contribution in [3.63, 3.8) is 0 Å². The largest absolute Gasteiger partial charge is 0.300 e. The van der Waals surface area contributed by atoms with Crippen LogP contribution in [0.25, 0.3) is 0 Å². The van der Waals surface area contributed by atoms with Gasteiger partial charge in [-0.2, -0.15) is 0 Å². The second-order valence-electron chi connectivity index (χ2n) is 5.55. The van der Waals surface area contributed by atoms with Crippen LogP contribution in [0.15, 0.2) is 40.9 Å². The van der Waals surface area contributed by atoms with Gasteiger partial charge in [0, 0.05) is 21.6 Å². The zero-order valence-corrected chi connectivity index (χ0v) is 15.1. The van der Waals surface area contributed by atoms with E-state index in [-0.39, 0.29) is 13.2 Å². The highest BCUT2D eigenvalue weighted by Gasteiger charge is 2.37. The zero-order valence-electron chi connectivity index (χ0n) is 12.7. The molecule has 1 aliphatic heterocycles. The molecule has 1 heterocycles. The van der Waals surface area contributed by atoms with E-state index in [1.54, 1.807) is 36.2 Å². The van der Waals surface area contributed by atoms with Crippen molar-refractivity contribution >= 4 is 44.9 Å². The number of amides is 1. The number of anilines is 1. The van der Waals surface area contributed by atoms with E-state index in [0.717, 1.165) is 0 Å². The molecule has 0 aliphatic carbocycles. The normalized spacial score (nSPS) is 13.8. The topological polar surface area (TPSA) is 40.6 Å². The fourth-order valence-electron chi connectivity index (χ4n) is 2.69. The van der Waals surface area contributed by atoms with Crippen molar-refractivity contribution in [1.82, 2.24) is 4.90 Å². The third-order valence-electron chi connectivity index (χ3n) is 3.81. The molecule has 0 unspecified atom stereocenters. The lowest BCUT2D eigenvalue weighted by Gasteiger charge is -2.25. The van der Waals surface area contributed by atoms with E-state index in [9.17, 15) is 14.0 Å². The molecular formula is C17H13BrClFN2O2. The van der Waals surface area contributed by atoms with Gasteiger partial charge in [0.05, 0.1) is 17.9 Å². The number of rotatable bonds is 4. The van der Waals surface area contributed by atoms with Crippen LogP contribution in [-0.2, 0) is 11.3 Å². The van der Waals surface area contributed by atoms with Crippen molar-refractivity contribution in [2.24, 2.45) is 0 Å². The van der Waals surface area contributed by atoms with Crippen LogP contribution in [-0.4, -0.2) is 30.3 Å². The van der Waals surface area contributed by atoms with Crippen LogP contribution >= 0.6 is 27.5 Å². The molecule has 1 amide bonds. The van der Waals surface area contributed by atoms with Crippen LogP contribution < -0.4 is 4.90 Å². The molecule has 0 aromatic heterocycles. The van der Waals surface area contributed by atoms with Crippen LogP contribution in [0.1, 0.15) is 15.9 Å². The molecule has 4 nitrogen and oxygen atoms in total. The first-order valence-corrected chi connectivity index (χ1v) is 8.33. The molecule has 7 heteroatoms. The van der Waals surface area contributed by atoms with Crippen molar-refractivity contribution in [3.05, 3.63) is 62.8 Å². The molecule has 0 fully saturated rings. The number of Topliss-reactive ketones (excluding diaryl/α,β-unsaturated/α-hetero) is 1. The molecule has 0 spiro atoms. The lowest BCUT2D eigenvalue weighted by atomic mass is 10.1. The summed E-state index contributed by atoms with van der Waals surface area (Å²) in [4.78, 5) is 27.5. The molecule has 0 radical (unpaired) electrons. The second kappa shape index (κ2) is 6.63. The third kappa shape index (κ3) is 2.97. The van der Waals surface area contributed by atoms with E-state index in [4.69, 9.17) is 11.6 Å². The standard InChI is InChI=1S/C17H13BrClFN2O2/c1-21(8-11-13(19)6-3-7-14(11)20)9-22-15-10(16(23)17(22)24)4-2-5-12(15)18/h2-7H,8-9H2,1H3. The van der Waals surface area contributed by atoms with Gasteiger partial charge in [0.2, 0.25) is 0 Å². The highest BCUT2D eigenvalue weighted by atomic mass is 79.9. The highest BCUT2D eigenvalue weighted by molar-refractivity contribution is 9.10. The van der Waals surface area contributed by atoms with Crippen LogP contribution in [0.5, 0.6) is 0 Å². The van der Waals surface area contributed by atoms with Gasteiger partial charge < -0.3 is 0 Å². The Morgan fingerprint density at radius 1 is 1.21 bits per heavy atom.